The molecule has 1 saturated heterocycles. The number of hydrogen-bond donors (Lipinski definition) is 2. The molecule has 8 nitrogen and oxygen atoms in total. The first-order valence-corrected chi connectivity index (χ1v) is 12.6. The van der Waals surface area contributed by atoms with Crippen LogP contribution in [0.3, 0.4) is 0 Å². The van der Waals surface area contributed by atoms with Gasteiger partial charge < -0.3 is 14.7 Å². The third kappa shape index (κ3) is 5.06. The lowest BCUT2D eigenvalue weighted by atomic mass is 10.0. The van der Waals surface area contributed by atoms with Crippen LogP contribution in [0.15, 0.2) is 48.5 Å². The van der Waals surface area contributed by atoms with Gasteiger partial charge in [-0.3, -0.25) is 14.4 Å². The molecule has 1 fully saturated rings. The van der Waals surface area contributed by atoms with Gasteiger partial charge in [0.05, 0.1) is 24.1 Å². The van der Waals surface area contributed by atoms with Crippen LogP contribution in [0.1, 0.15) is 23.6 Å². The van der Waals surface area contributed by atoms with Gasteiger partial charge in [0.1, 0.15) is 5.75 Å². The van der Waals surface area contributed by atoms with Crippen molar-refractivity contribution >= 4 is 21.6 Å². The number of β-amino-alcohol motifs (C(OH)–C–C–N with tert-alkyl or cyclic N) is 1. The number of ether oxygens (including phenoxy) is 1. The smallest absolute Gasteiger partial charge is 0.264 e. The number of rotatable bonds is 7. The van der Waals surface area contributed by atoms with E-state index >= 15 is 0 Å². The highest BCUT2D eigenvalue weighted by molar-refractivity contribution is 7.92. The molecule has 2 aliphatic rings. The topological polar surface area (TPSA) is 99.2 Å². The number of nitrogens with one attached hydrogen (secondary N) is 1. The monoisotopic (exact) mass is 459 g/mol. The van der Waals surface area contributed by atoms with Crippen LogP contribution in [0.2, 0.25) is 0 Å². The molecule has 1 amide bonds. The minimum absolute atomic E-state index is 0.167. The summed E-state index contributed by atoms with van der Waals surface area (Å²) in [4.78, 5) is 17.3. The summed E-state index contributed by atoms with van der Waals surface area (Å²) in [6.45, 7) is 2.00. The fourth-order valence-corrected chi connectivity index (χ4v) is 4.98. The molecular weight excluding hydrogens is 430 g/mol. The van der Waals surface area contributed by atoms with E-state index in [2.05, 4.69) is 9.62 Å². The summed E-state index contributed by atoms with van der Waals surface area (Å²) < 4.78 is 31.8. The molecule has 0 saturated carbocycles. The maximum atomic E-state index is 13.5. The van der Waals surface area contributed by atoms with Crippen LogP contribution < -0.4 is 9.46 Å². The minimum Gasteiger partial charge on any atom is -0.478 e. The fourth-order valence-electron chi connectivity index (χ4n) is 4.42. The first kappa shape index (κ1) is 22.6. The Morgan fingerprint density at radius 3 is 2.66 bits per heavy atom. The number of anilines is 1. The Morgan fingerprint density at radius 2 is 2.00 bits per heavy atom. The second-order valence-electron chi connectivity index (χ2n) is 8.56. The normalized spacial score (nSPS) is 21.6. The maximum Gasteiger partial charge on any atom is 0.264 e. The van der Waals surface area contributed by atoms with E-state index in [1.807, 2.05) is 36.4 Å². The number of fused-ring (bicyclic) bond motifs is 1. The van der Waals surface area contributed by atoms with Crippen molar-refractivity contribution in [1.82, 2.24) is 9.80 Å². The van der Waals surface area contributed by atoms with Crippen molar-refractivity contribution in [3.63, 3.8) is 0 Å². The Balaban J connectivity index is 1.53. The number of likely N-dealkylation sites (N-methyl/N-ethyl adjacent to an activating group) is 1. The number of aliphatic hydroxyl groups excluding tert-OH is 1. The van der Waals surface area contributed by atoms with Crippen LogP contribution in [0.25, 0.3) is 0 Å². The molecule has 0 radical (unpaired) electrons. The largest absolute Gasteiger partial charge is 0.478 e. The molecule has 2 aromatic carbocycles. The second-order valence-corrected chi connectivity index (χ2v) is 10.3. The maximum absolute atomic E-state index is 13.5. The van der Waals surface area contributed by atoms with Crippen molar-refractivity contribution < 1.29 is 23.1 Å². The summed E-state index contributed by atoms with van der Waals surface area (Å²) in [5, 5.41) is 9.92. The van der Waals surface area contributed by atoms with E-state index in [9.17, 15) is 18.3 Å². The van der Waals surface area contributed by atoms with E-state index in [1.165, 1.54) is 0 Å². The van der Waals surface area contributed by atoms with Crippen LogP contribution >= 0.6 is 0 Å². The quantitative estimate of drug-likeness (QED) is 0.653. The predicted octanol–water partition coefficient (Wildman–Crippen LogP) is 1.63. The molecule has 0 aliphatic carbocycles. The Bertz CT molecular complexity index is 1080. The van der Waals surface area contributed by atoms with Gasteiger partial charge in [-0.2, -0.15) is 0 Å². The Kier molecular flexibility index (Phi) is 6.41. The Hall–Kier alpha value is -2.62. The standard InChI is InChI=1S/C23H29N3O5S/c1-25(20(16-7-4-3-5-8-16)15-26-12-11-18(27)14-26)23(28)21-13-17-9-6-10-19(22(17)31-21)24-32(2,29)30/h3-10,18,20-21,24,27H,11-15H2,1-2H3/t18-,20?,21-/m0/s1. The fraction of sp³-hybridized carbons (Fsp3) is 0.435. The van der Waals surface area contributed by atoms with Crippen molar-refractivity contribution in [2.45, 2.75) is 31.1 Å². The van der Waals surface area contributed by atoms with Gasteiger partial charge in [-0.05, 0) is 18.1 Å². The molecule has 2 aromatic rings. The lowest BCUT2D eigenvalue weighted by Crippen LogP contribution is -2.44. The SMILES string of the molecule is CN(C(=O)[C@@H]1Cc2cccc(NS(C)(=O)=O)c2O1)C(CN1CC[C@H](O)C1)c1ccccc1. The summed E-state index contributed by atoms with van der Waals surface area (Å²) in [7, 11) is -1.70. The number of aliphatic hydroxyl groups is 1. The van der Waals surface area contributed by atoms with Gasteiger partial charge >= 0.3 is 0 Å². The lowest BCUT2D eigenvalue weighted by Gasteiger charge is -2.33. The number of hydrogen-bond acceptors (Lipinski definition) is 6. The molecule has 0 spiro atoms. The van der Waals surface area contributed by atoms with Gasteiger partial charge in [-0.15, -0.1) is 0 Å². The van der Waals surface area contributed by atoms with Crippen molar-refractivity contribution in [3.05, 3.63) is 59.7 Å². The van der Waals surface area contributed by atoms with Crippen molar-refractivity contribution in [2.24, 2.45) is 0 Å². The zero-order valence-electron chi connectivity index (χ0n) is 18.3. The molecule has 172 valence electrons. The van der Waals surface area contributed by atoms with Gasteiger partial charge in [0.2, 0.25) is 10.0 Å². The van der Waals surface area contributed by atoms with Crippen molar-refractivity contribution in [1.29, 1.82) is 0 Å². The van der Waals surface area contributed by atoms with Gasteiger partial charge in [0.15, 0.2) is 6.10 Å². The number of amides is 1. The van der Waals surface area contributed by atoms with Gasteiger partial charge in [-0.1, -0.05) is 42.5 Å². The first-order valence-electron chi connectivity index (χ1n) is 10.7. The number of benzene rings is 2. The van der Waals surface area contributed by atoms with E-state index in [0.29, 0.717) is 30.9 Å². The highest BCUT2D eigenvalue weighted by Gasteiger charge is 2.36. The van der Waals surface area contributed by atoms with E-state index in [1.54, 1.807) is 24.1 Å². The van der Waals surface area contributed by atoms with E-state index in [-0.39, 0.29) is 18.1 Å². The van der Waals surface area contributed by atoms with Crippen LogP contribution in [0.5, 0.6) is 5.75 Å². The van der Waals surface area contributed by atoms with Crippen molar-refractivity contribution in [2.75, 3.05) is 37.7 Å². The summed E-state index contributed by atoms with van der Waals surface area (Å²) in [6.07, 6.45) is 1.13. The molecule has 2 aliphatic heterocycles. The average Bonchev–Trinajstić information content (AvgIpc) is 3.37. The van der Waals surface area contributed by atoms with Gasteiger partial charge in [0.25, 0.3) is 5.91 Å². The predicted molar refractivity (Wildman–Crippen MR) is 122 cm³/mol. The lowest BCUT2D eigenvalue weighted by molar-refractivity contribution is -0.139. The zero-order valence-corrected chi connectivity index (χ0v) is 19.1. The molecule has 0 aromatic heterocycles. The zero-order chi connectivity index (χ0) is 22.9. The Labute approximate surface area is 188 Å². The molecule has 4 rings (SSSR count). The molecule has 1 unspecified atom stereocenters. The number of likely N-dealkylation sites (tertiary alicyclic amines) is 1. The summed E-state index contributed by atoms with van der Waals surface area (Å²) in [5.41, 5.74) is 2.15. The summed E-state index contributed by atoms with van der Waals surface area (Å²) >= 11 is 0. The molecule has 0 bridgehead atoms. The third-order valence-electron chi connectivity index (χ3n) is 6.01. The Morgan fingerprint density at radius 1 is 1.25 bits per heavy atom. The highest BCUT2D eigenvalue weighted by Crippen LogP contribution is 2.37. The first-order chi connectivity index (χ1) is 15.2. The average molecular weight is 460 g/mol. The number of carbonyl (C=O) groups is 1. The second kappa shape index (κ2) is 9.09. The van der Waals surface area contributed by atoms with Crippen LogP contribution in [-0.4, -0.2) is 74.4 Å². The third-order valence-corrected chi connectivity index (χ3v) is 6.60. The highest BCUT2D eigenvalue weighted by atomic mass is 32.2. The number of carbonyl (C=O) groups excluding carboxylic acids is 1. The number of para-hydroxylation sites is 1. The number of sulfonamides is 1. The molecule has 2 heterocycles. The van der Waals surface area contributed by atoms with Crippen molar-refractivity contribution in [3.8, 4) is 5.75 Å². The van der Waals surface area contributed by atoms with Crippen LogP contribution in [-0.2, 0) is 21.2 Å². The van der Waals surface area contributed by atoms with E-state index < -0.39 is 16.1 Å². The van der Waals surface area contributed by atoms with Crippen LogP contribution in [0.4, 0.5) is 5.69 Å². The molecule has 3 atom stereocenters. The summed E-state index contributed by atoms with van der Waals surface area (Å²) in [6, 6.07) is 14.9. The molecule has 32 heavy (non-hydrogen) atoms. The van der Waals surface area contributed by atoms with Gasteiger partial charge in [0, 0.05) is 38.7 Å². The molecule has 2 N–H and O–H groups in total. The van der Waals surface area contributed by atoms with Gasteiger partial charge in [-0.25, -0.2) is 8.42 Å². The van der Waals surface area contributed by atoms with Crippen LogP contribution in [0, 0.1) is 0 Å². The summed E-state index contributed by atoms with van der Waals surface area (Å²) in [5.74, 6) is 0.240. The molecule has 9 heteroatoms. The molecular formula is C23H29N3O5S. The van der Waals surface area contributed by atoms with E-state index in [4.69, 9.17) is 4.74 Å². The number of nitrogens with zero attached hydrogens (tertiary/aromatic N) is 2. The van der Waals surface area contributed by atoms with E-state index in [0.717, 1.165) is 30.3 Å². The minimum atomic E-state index is -3.47.